The monoisotopic (exact) mass is 473 g/mol. The molecular weight excluding hydrogens is 442 g/mol. The molecule has 2 unspecified atom stereocenters. The molecule has 2 atom stereocenters. The maximum atomic E-state index is 13.1. The molecule has 176 valence electrons. The number of carbonyl (C=O) groups is 1. The number of aryl methyl sites for hydroxylation is 2. The van der Waals surface area contributed by atoms with Crippen LogP contribution in [0.3, 0.4) is 0 Å². The third kappa shape index (κ3) is 6.09. The highest BCUT2D eigenvalue weighted by Gasteiger charge is 2.32. The van der Waals surface area contributed by atoms with Gasteiger partial charge in [-0.1, -0.05) is 49.4 Å². The number of allylic oxidation sites excluding steroid dienone is 2. The van der Waals surface area contributed by atoms with Crippen molar-refractivity contribution in [1.82, 2.24) is 4.98 Å². The second kappa shape index (κ2) is 11.4. The molecule has 0 spiro atoms. The normalized spacial score (nSPS) is 17.9. The number of pyridine rings is 1. The van der Waals surface area contributed by atoms with Gasteiger partial charge in [0.05, 0.1) is 10.9 Å². The summed E-state index contributed by atoms with van der Waals surface area (Å²) < 4.78 is 5.97. The zero-order valence-corrected chi connectivity index (χ0v) is 20.6. The highest BCUT2D eigenvalue weighted by molar-refractivity contribution is 7.99. The van der Waals surface area contributed by atoms with Crippen LogP contribution in [0, 0.1) is 12.8 Å². The summed E-state index contributed by atoms with van der Waals surface area (Å²) in [5.74, 6) is 1.36. The zero-order chi connectivity index (χ0) is 23.9. The lowest BCUT2D eigenvalue weighted by atomic mass is 9.79. The first-order chi connectivity index (χ1) is 16.5. The van der Waals surface area contributed by atoms with Crippen molar-refractivity contribution in [2.45, 2.75) is 50.7 Å². The van der Waals surface area contributed by atoms with E-state index in [0.29, 0.717) is 13.0 Å². The van der Waals surface area contributed by atoms with Gasteiger partial charge in [-0.2, -0.15) is 0 Å². The van der Waals surface area contributed by atoms with Gasteiger partial charge in [-0.3, -0.25) is 4.79 Å². The minimum absolute atomic E-state index is 0.0558. The molecule has 1 aliphatic rings. The van der Waals surface area contributed by atoms with E-state index in [2.05, 4.69) is 18.0 Å². The Balaban J connectivity index is 1.40. The molecule has 4 nitrogen and oxygen atoms in total. The third-order valence-electron chi connectivity index (χ3n) is 6.17. The average Bonchev–Trinajstić information content (AvgIpc) is 2.84. The van der Waals surface area contributed by atoms with Gasteiger partial charge in [0.25, 0.3) is 0 Å². The summed E-state index contributed by atoms with van der Waals surface area (Å²) in [6.45, 7) is 4.58. The molecule has 1 heterocycles. The van der Waals surface area contributed by atoms with E-state index in [1.165, 1.54) is 0 Å². The SMILES string of the molecule is CCc1cc(OCc2ccccc2)ccc1C1C(=O)CC(CCSc2ccc(C)cn2)C=C1O. The highest BCUT2D eigenvalue weighted by atomic mass is 32.2. The third-order valence-corrected chi connectivity index (χ3v) is 7.14. The molecule has 0 fully saturated rings. The smallest absolute Gasteiger partial charge is 0.148 e. The lowest BCUT2D eigenvalue weighted by Crippen LogP contribution is -2.24. The maximum absolute atomic E-state index is 13.1. The number of aromatic nitrogens is 1. The number of nitrogens with zero attached hydrogens (tertiary/aromatic N) is 1. The molecule has 0 amide bonds. The summed E-state index contributed by atoms with van der Waals surface area (Å²) in [6, 6.07) is 19.9. The fourth-order valence-electron chi connectivity index (χ4n) is 4.31. The molecule has 34 heavy (non-hydrogen) atoms. The van der Waals surface area contributed by atoms with Gasteiger partial charge < -0.3 is 9.84 Å². The van der Waals surface area contributed by atoms with Gasteiger partial charge in [0.15, 0.2) is 0 Å². The summed E-state index contributed by atoms with van der Waals surface area (Å²) in [5, 5.41) is 11.8. The summed E-state index contributed by atoms with van der Waals surface area (Å²) in [7, 11) is 0. The van der Waals surface area contributed by atoms with Crippen LogP contribution < -0.4 is 4.74 Å². The first-order valence-corrected chi connectivity index (χ1v) is 12.8. The van der Waals surface area contributed by atoms with Crippen LogP contribution in [0.15, 0.2) is 83.7 Å². The molecule has 3 aromatic rings. The van der Waals surface area contributed by atoms with Crippen LogP contribution >= 0.6 is 11.8 Å². The second-order valence-electron chi connectivity index (χ2n) is 8.75. The molecule has 1 aliphatic carbocycles. The van der Waals surface area contributed by atoms with Crippen molar-refractivity contribution >= 4 is 17.5 Å². The summed E-state index contributed by atoms with van der Waals surface area (Å²) in [5.41, 5.74) is 4.16. The number of ketones is 1. The second-order valence-corrected chi connectivity index (χ2v) is 9.87. The van der Waals surface area contributed by atoms with Crippen molar-refractivity contribution in [3.63, 3.8) is 0 Å². The average molecular weight is 474 g/mol. The van der Waals surface area contributed by atoms with Crippen LogP contribution in [-0.4, -0.2) is 21.6 Å². The van der Waals surface area contributed by atoms with Gasteiger partial charge in [0.1, 0.15) is 23.9 Å². The van der Waals surface area contributed by atoms with E-state index in [1.807, 2.05) is 73.8 Å². The Bertz CT molecular complexity index is 1140. The van der Waals surface area contributed by atoms with Crippen LogP contribution in [0.5, 0.6) is 5.75 Å². The van der Waals surface area contributed by atoms with Crippen molar-refractivity contribution in [3.05, 3.63) is 101 Å². The Labute approximate surface area is 206 Å². The Kier molecular flexibility index (Phi) is 8.07. The van der Waals surface area contributed by atoms with Crippen molar-refractivity contribution in [3.8, 4) is 5.75 Å². The largest absolute Gasteiger partial charge is 0.512 e. The Morgan fingerprint density at radius 1 is 1.12 bits per heavy atom. The predicted molar refractivity (Wildman–Crippen MR) is 137 cm³/mol. The van der Waals surface area contributed by atoms with Crippen molar-refractivity contribution in [1.29, 1.82) is 0 Å². The number of benzene rings is 2. The zero-order valence-electron chi connectivity index (χ0n) is 19.7. The quantitative estimate of drug-likeness (QED) is 0.345. The number of carbonyl (C=O) groups excluding carboxylic acids is 1. The van der Waals surface area contributed by atoms with Crippen LogP contribution in [-0.2, 0) is 17.8 Å². The Morgan fingerprint density at radius 3 is 2.65 bits per heavy atom. The number of aliphatic hydroxyl groups excluding tert-OH is 1. The summed E-state index contributed by atoms with van der Waals surface area (Å²) >= 11 is 1.69. The van der Waals surface area contributed by atoms with E-state index in [0.717, 1.165) is 51.6 Å². The minimum atomic E-state index is -0.583. The van der Waals surface area contributed by atoms with Crippen molar-refractivity contribution < 1.29 is 14.6 Å². The number of thioether (sulfide) groups is 1. The van der Waals surface area contributed by atoms with Gasteiger partial charge in [-0.15, -0.1) is 11.8 Å². The molecule has 0 aliphatic heterocycles. The van der Waals surface area contributed by atoms with Crippen LogP contribution in [0.25, 0.3) is 0 Å². The van der Waals surface area contributed by atoms with Gasteiger partial charge >= 0.3 is 0 Å². The number of hydrogen-bond donors (Lipinski definition) is 1. The lowest BCUT2D eigenvalue weighted by Gasteiger charge is -2.26. The Morgan fingerprint density at radius 2 is 1.94 bits per heavy atom. The standard InChI is InChI=1S/C29H31NO3S/c1-3-23-17-24(33-19-21-7-5-4-6-8-21)10-11-25(23)29-26(31)15-22(16-27(29)32)13-14-34-28-12-9-20(2)18-30-28/h4-12,15,17-18,22,29,31H,3,13-14,16,19H2,1-2H3. The number of rotatable bonds is 9. The highest BCUT2D eigenvalue weighted by Crippen LogP contribution is 2.37. The van der Waals surface area contributed by atoms with E-state index >= 15 is 0 Å². The fourth-order valence-corrected chi connectivity index (χ4v) is 5.23. The molecule has 4 rings (SSSR count). The number of Topliss-reactive ketones (excluding diaryl/α,β-unsaturated/α-hetero) is 1. The molecule has 0 saturated heterocycles. The molecule has 0 radical (unpaired) electrons. The molecule has 5 heteroatoms. The predicted octanol–water partition coefficient (Wildman–Crippen LogP) is 6.83. The van der Waals surface area contributed by atoms with E-state index in [4.69, 9.17) is 4.74 Å². The topological polar surface area (TPSA) is 59.4 Å². The molecule has 0 saturated carbocycles. The van der Waals surface area contributed by atoms with Crippen LogP contribution in [0.4, 0.5) is 0 Å². The molecule has 0 bridgehead atoms. The number of hydrogen-bond acceptors (Lipinski definition) is 5. The maximum Gasteiger partial charge on any atom is 0.148 e. The molecule has 1 N–H and O–H groups in total. The van der Waals surface area contributed by atoms with Gasteiger partial charge in [-0.25, -0.2) is 4.98 Å². The number of aliphatic hydroxyl groups is 1. The van der Waals surface area contributed by atoms with E-state index < -0.39 is 5.92 Å². The van der Waals surface area contributed by atoms with E-state index in [1.54, 1.807) is 11.8 Å². The van der Waals surface area contributed by atoms with Crippen LogP contribution in [0.2, 0.25) is 0 Å². The van der Waals surface area contributed by atoms with Crippen LogP contribution in [0.1, 0.15) is 47.9 Å². The fraction of sp³-hybridized carbons (Fsp3) is 0.310. The minimum Gasteiger partial charge on any atom is -0.512 e. The molecule has 1 aromatic heterocycles. The first kappa shape index (κ1) is 24.1. The first-order valence-electron chi connectivity index (χ1n) is 11.8. The van der Waals surface area contributed by atoms with Crippen molar-refractivity contribution in [2.75, 3.05) is 5.75 Å². The van der Waals surface area contributed by atoms with E-state index in [9.17, 15) is 9.90 Å². The summed E-state index contributed by atoms with van der Waals surface area (Å²) in [4.78, 5) is 17.5. The molecule has 2 aromatic carbocycles. The van der Waals surface area contributed by atoms with Gasteiger partial charge in [0.2, 0.25) is 0 Å². The van der Waals surface area contributed by atoms with E-state index in [-0.39, 0.29) is 17.5 Å². The van der Waals surface area contributed by atoms with Gasteiger partial charge in [-0.05, 0) is 72.2 Å². The molecular formula is C29H31NO3S. The summed E-state index contributed by atoms with van der Waals surface area (Å²) in [6.07, 6.45) is 5.79. The van der Waals surface area contributed by atoms with Gasteiger partial charge in [0, 0.05) is 18.4 Å². The lowest BCUT2D eigenvalue weighted by molar-refractivity contribution is -0.121. The van der Waals surface area contributed by atoms with Crippen molar-refractivity contribution in [2.24, 2.45) is 5.92 Å². The number of ether oxygens (including phenoxy) is 1. The Hall–Kier alpha value is -3.05.